The molecule has 3 aromatic heterocycles. The fourth-order valence-electron chi connectivity index (χ4n) is 9.83. The molecule has 0 aliphatic carbocycles. The third-order valence-electron chi connectivity index (χ3n) is 12.7. The Morgan fingerprint density at radius 1 is 0.328 bits per heavy atom. The van der Waals surface area contributed by atoms with Crippen molar-refractivity contribution in [3.8, 4) is 45.0 Å². The molecule has 12 aromatic rings. The number of anilines is 3. The molecular weight excluding hydrogens is 797 g/mol. The van der Waals surface area contributed by atoms with E-state index in [0.29, 0.717) is 0 Å². The summed E-state index contributed by atoms with van der Waals surface area (Å²) < 4.78 is 4.95. The number of nitrogens with zero attached hydrogens (tertiary/aromatic N) is 4. The second-order valence-corrected chi connectivity index (χ2v) is 17.4. The van der Waals surface area contributed by atoms with Crippen molar-refractivity contribution >= 4 is 72.4 Å². The zero-order valence-electron chi connectivity index (χ0n) is 34.6. The molecule has 4 nitrogen and oxygen atoms in total. The van der Waals surface area contributed by atoms with Gasteiger partial charge < -0.3 is 14.0 Å². The summed E-state index contributed by atoms with van der Waals surface area (Å²) in [4.78, 5) is 10.0. The first-order valence-corrected chi connectivity index (χ1v) is 22.5. The summed E-state index contributed by atoms with van der Waals surface area (Å²) in [6.45, 7) is 0. The lowest BCUT2D eigenvalue weighted by Gasteiger charge is -2.33. The lowest BCUT2D eigenvalue weighted by atomic mass is 9.99. The van der Waals surface area contributed by atoms with E-state index in [9.17, 15) is 0 Å². The first-order valence-electron chi connectivity index (χ1n) is 21.7. The summed E-state index contributed by atoms with van der Waals surface area (Å²) in [5, 5.41) is 4.93. The number of rotatable bonds is 6. The van der Waals surface area contributed by atoms with Gasteiger partial charge in [0.1, 0.15) is 0 Å². The van der Waals surface area contributed by atoms with Crippen LogP contribution in [0, 0.1) is 0 Å². The maximum atomic E-state index is 5.17. The molecule has 1 aliphatic rings. The molecule has 1 aliphatic heterocycles. The Balaban J connectivity index is 1.02. The van der Waals surface area contributed by atoms with Crippen LogP contribution in [0.25, 0.3) is 88.6 Å². The van der Waals surface area contributed by atoms with Crippen LogP contribution in [0.4, 0.5) is 17.1 Å². The lowest BCUT2D eigenvalue weighted by Crippen LogP contribution is -2.15. The van der Waals surface area contributed by atoms with Gasteiger partial charge in [0.25, 0.3) is 0 Å². The van der Waals surface area contributed by atoms with Crippen LogP contribution in [0.15, 0.2) is 240 Å². The number of para-hydroxylation sites is 4. The summed E-state index contributed by atoms with van der Waals surface area (Å²) in [6.07, 6.45) is 0. The summed E-state index contributed by atoms with van der Waals surface area (Å²) in [6, 6.07) is 83.2. The topological polar surface area (TPSA) is 26.0 Å². The first kappa shape index (κ1) is 36.5. The van der Waals surface area contributed by atoms with Gasteiger partial charge in [-0.3, -0.25) is 0 Å². The minimum atomic E-state index is 0.951. The van der Waals surface area contributed by atoms with E-state index in [1.807, 2.05) is 11.8 Å². The fourth-order valence-corrected chi connectivity index (χ4v) is 10.9. The largest absolute Gasteiger partial charge is 0.309 e. The van der Waals surface area contributed by atoms with Crippen LogP contribution in [-0.2, 0) is 0 Å². The van der Waals surface area contributed by atoms with Crippen LogP contribution >= 0.6 is 11.8 Å². The van der Waals surface area contributed by atoms with Crippen molar-refractivity contribution in [1.82, 2.24) is 14.1 Å². The molecule has 0 radical (unpaired) electrons. The average molecular weight is 835 g/mol. The molecule has 9 aromatic carbocycles. The smallest absolute Gasteiger partial charge is 0.0715 e. The summed E-state index contributed by atoms with van der Waals surface area (Å²) in [5.41, 5.74) is 16.8. The van der Waals surface area contributed by atoms with Gasteiger partial charge in [-0.05, 0) is 96.1 Å². The van der Waals surface area contributed by atoms with E-state index < -0.39 is 0 Å². The molecular formula is C59H38N4S. The quantitative estimate of drug-likeness (QED) is 0.167. The molecule has 4 heterocycles. The summed E-state index contributed by atoms with van der Waals surface area (Å²) in [5.74, 6) is 0. The number of hydrogen-bond donors (Lipinski definition) is 0. The van der Waals surface area contributed by atoms with Gasteiger partial charge in [0.05, 0.1) is 44.8 Å². The van der Waals surface area contributed by atoms with Gasteiger partial charge in [-0.2, -0.15) is 0 Å². The van der Waals surface area contributed by atoms with Gasteiger partial charge in [0.15, 0.2) is 0 Å². The van der Waals surface area contributed by atoms with Gasteiger partial charge in [-0.15, -0.1) is 0 Å². The second kappa shape index (κ2) is 14.8. The molecule has 0 unspecified atom stereocenters. The third kappa shape index (κ3) is 5.82. The highest BCUT2D eigenvalue weighted by Crippen LogP contribution is 2.52. The Hall–Kier alpha value is -8.12. The Labute approximate surface area is 374 Å². The summed E-state index contributed by atoms with van der Waals surface area (Å²) in [7, 11) is 0. The van der Waals surface area contributed by atoms with Crippen molar-refractivity contribution in [3.05, 3.63) is 231 Å². The lowest BCUT2D eigenvalue weighted by molar-refractivity contribution is 1.13. The third-order valence-corrected chi connectivity index (χ3v) is 13.8. The Morgan fingerprint density at radius 3 is 1.66 bits per heavy atom. The Bertz CT molecular complexity index is 3700. The fraction of sp³-hybridized carbons (Fsp3) is 0. The molecule has 0 amide bonds. The van der Waals surface area contributed by atoms with Crippen LogP contribution in [0.3, 0.4) is 0 Å². The highest BCUT2D eigenvalue weighted by Gasteiger charge is 2.27. The molecule has 0 atom stereocenters. The van der Waals surface area contributed by atoms with Crippen molar-refractivity contribution in [2.75, 3.05) is 4.90 Å². The van der Waals surface area contributed by atoms with Gasteiger partial charge in [0, 0.05) is 59.5 Å². The van der Waals surface area contributed by atoms with Crippen LogP contribution in [0.5, 0.6) is 0 Å². The SMILES string of the molecule is c1ccc(-c2cc(-c3cccc(-n4c5ccccc5c5c4ccc4c6ccccc6n(-c6ccc7c(c6)Sc6ccccc6N7c6ccccc6)c45)c3)cc(-c3ccccc3)n2)cc1. The molecule has 0 spiro atoms. The number of fused-ring (bicyclic) bond motifs is 9. The maximum Gasteiger partial charge on any atom is 0.0715 e. The van der Waals surface area contributed by atoms with Crippen molar-refractivity contribution in [1.29, 1.82) is 0 Å². The van der Waals surface area contributed by atoms with E-state index in [2.05, 4.69) is 245 Å². The predicted molar refractivity (Wildman–Crippen MR) is 268 cm³/mol. The van der Waals surface area contributed by atoms with E-state index in [0.717, 1.165) is 56.2 Å². The zero-order chi connectivity index (χ0) is 42.1. The van der Waals surface area contributed by atoms with E-state index in [4.69, 9.17) is 4.98 Å². The highest BCUT2D eigenvalue weighted by atomic mass is 32.2. The van der Waals surface area contributed by atoms with Crippen LogP contribution in [0.2, 0.25) is 0 Å². The standard InChI is InChI=1S/C59H38N4S/c1-4-17-39(18-5-1)49-36-42(37-50(60-49)40-19-6-2-7-20-40)41-21-16-24-44(35-41)62-52-28-13-11-26-48(52)58-55(62)34-32-47-46-25-10-12-27-51(46)63(59(47)58)45-31-33-54-57(38-45)64-56-30-15-14-29-53(56)61(54)43-22-8-3-9-23-43/h1-38H. The molecule has 0 saturated heterocycles. The molecule has 0 fully saturated rings. The molecule has 300 valence electrons. The molecule has 5 heteroatoms. The minimum absolute atomic E-state index is 0.951. The zero-order valence-corrected chi connectivity index (χ0v) is 35.5. The molecule has 64 heavy (non-hydrogen) atoms. The van der Waals surface area contributed by atoms with Crippen LogP contribution in [-0.4, -0.2) is 14.1 Å². The first-order chi connectivity index (χ1) is 31.7. The molecule has 0 bridgehead atoms. The molecule has 0 N–H and O–H groups in total. The average Bonchev–Trinajstić information content (AvgIpc) is 3.89. The number of pyridine rings is 1. The highest BCUT2D eigenvalue weighted by molar-refractivity contribution is 7.99. The summed E-state index contributed by atoms with van der Waals surface area (Å²) >= 11 is 1.85. The Kier molecular flexibility index (Phi) is 8.43. The van der Waals surface area contributed by atoms with E-state index >= 15 is 0 Å². The monoisotopic (exact) mass is 834 g/mol. The normalized spacial score (nSPS) is 12.3. The van der Waals surface area contributed by atoms with Gasteiger partial charge in [0.2, 0.25) is 0 Å². The molecule has 13 rings (SSSR count). The Morgan fingerprint density at radius 2 is 0.906 bits per heavy atom. The predicted octanol–water partition coefficient (Wildman–Crippen LogP) is 16.2. The van der Waals surface area contributed by atoms with Gasteiger partial charge in [-0.1, -0.05) is 157 Å². The van der Waals surface area contributed by atoms with Crippen molar-refractivity contribution in [2.45, 2.75) is 9.79 Å². The van der Waals surface area contributed by atoms with E-state index in [1.54, 1.807) is 0 Å². The number of hydrogen-bond acceptors (Lipinski definition) is 3. The van der Waals surface area contributed by atoms with Gasteiger partial charge in [-0.25, -0.2) is 4.98 Å². The van der Waals surface area contributed by atoms with E-state index in [1.165, 1.54) is 59.3 Å². The van der Waals surface area contributed by atoms with Crippen molar-refractivity contribution < 1.29 is 0 Å². The van der Waals surface area contributed by atoms with Crippen molar-refractivity contribution in [3.63, 3.8) is 0 Å². The molecule has 0 saturated carbocycles. The number of benzene rings is 9. The second-order valence-electron chi connectivity index (χ2n) is 16.4. The van der Waals surface area contributed by atoms with Crippen LogP contribution < -0.4 is 4.90 Å². The van der Waals surface area contributed by atoms with E-state index in [-0.39, 0.29) is 0 Å². The van der Waals surface area contributed by atoms with Crippen molar-refractivity contribution in [2.24, 2.45) is 0 Å². The minimum Gasteiger partial charge on any atom is -0.309 e. The van der Waals surface area contributed by atoms with Gasteiger partial charge >= 0.3 is 0 Å². The van der Waals surface area contributed by atoms with Crippen LogP contribution in [0.1, 0.15) is 0 Å². The maximum absolute atomic E-state index is 5.17. The number of aromatic nitrogens is 3.